The normalized spacial score (nSPS) is 31.8. The number of aryl methyl sites for hydroxylation is 1. The SMILES string of the molecule is Cc1ccc2c(c1)CC(CNC1CCN3CCCC3C1)O2. The van der Waals surface area contributed by atoms with Crippen LogP contribution in [-0.2, 0) is 6.42 Å². The van der Waals surface area contributed by atoms with Crippen LogP contribution in [0.5, 0.6) is 5.75 Å². The molecule has 3 aliphatic heterocycles. The Morgan fingerprint density at radius 1 is 1.29 bits per heavy atom. The van der Waals surface area contributed by atoms with E-state index in [9.17, 15) is 0 Å². The van der Waals surface area contributed by atoms with Crippen molar-refractivity contribution in [2.45, 2.75) is 57.2 Å². The molecule has 114 valence electrons. The summed E-state index contributed by atoms with van der Waals surface area (Å²) in [5.74, 6) is 1.10. The van der Waals surface area contributed by atoms with Gasteiger partial charge in [0, 0.05) is 25.0 Å². The molecular formula is C18H26N2O. The molecule has 1 aromatic carbocycles. The third-order valence-corrected chi connectivity index (χ3v) is 5.41. The van der Waals surface area contributed by atoms with Gasteiger partial charge in [-0.2, -0.15) is 0 Å². The molecule has 3 heterocycles. The van der Waals surface area contributed by atoms with E-state index in [0.717, 1.165) is 24.8 Å². The minimum atomic E-state index is 0.323. The standard InChI is InChI=1S/C18H26N2O/c1-13-4-5-18-14(9-13)10-17(21-18)12-19-15-6-8-20-7-2-3-16(20)11-15/h4-5,9,15-17,19H,2-3,6-8,10-12H2,1H3. The second kappa shape index (κ2) is 5.62. The first kappa shape index (κ1) is 13.6. The first-order chi connectivity index (χ1) is 10.3. The number of rotatable bonds is 3. The Morgan fingerprint density at radius 3 is 3.19 bits per heavy atom. The number of hydrogen-bond donors (Lipinski definition) is 1. The molecule has 3 nitrogen and oxygen atoms in total. The minimum Gasteiger partial charge on any atom is -0.488 e. The highest BCUT2D eigenvalue weighted by atomic mass is 16.5. The fourth-order valence-electron chi connectivity index (χ4n) is 4.27. The van der Waals surface area contributed by atoms with Crippen LogP contribution in [0.4, 0.5) is 0 Å². The van der Waals surface area contributed by atoms with E-state index in [-0.39, 0.29) is 0 Å². The summed E-state index contributed by atoms with van der Waals surface area (Å²) >= 11 is 0. The molecule has 2 fully saturated rings. The average Bonchev–Trinajstić information content (AvgIpc) is 3.09. The zero-order chi connectivity index (χ0) is 14.2. The molecule has 0 amide bonds. The van der Waals surface area contributed by atoms with E-state index in [1.54, 1.807) is 0 Å². The topological polar surface area (TPSA) is 24.5 Å². The average molecular weight is 286 g/mol. The molecule has 0 bridgehead atoms. The largest absolute Gasteiger partial charge is 0.488 e. The summed E-state index contributed by atoms with van der Waals surface area (Å²) in [7, 11) is 0. The van der Waals surface area contributed by atoms with Gasteiger partial charge in [0.15, 0.2) is 0 Å². The van der Waals surface area contributed by atoms with Crippen molar-refractivity contribution in [3.05, 3.63) is 29.3 Å². The number of ether oxygens (including phenoxy) is 1. The second-order valence-electron chi connectivity index (χ2n) is 7.02. The highest BCUT2D eigenvalue weighted by Crippen LogP contribution is 2.30. The molecule has 21 heavy (non-hydrogen) atoms. The van der Waals surface area contributed by atoms with Crippen molar-refractivity contribution >= 4 is 0 Å². The zero-order valence-corrected chi connectivity index (χ0v) is 13.0. The Hall–Kier alpha value is -1.06. The van der Waals surface area contributed by atoms with Crippen LogP contribution in [-0.4, -0.2) is 42.7 Å². The van der Waals surface area contributed by atoms with Crippen LogP contribution < -0.4 is 10.1 Å². The van der Waals surface area contributed by atoms with Crippen molar-refractivity contribution in [3.8, 4) is 5.75 Å². The van der Waals surface area contributed by atoms with Crippen molar-refractivity contribution in [2.75, 3.05) is 19.6 Å². The number of nitrogens with zero attached hydrogens (tertiary/aromatic N) is 1. The number of benzene rings is 1. The molecule has 0 spiro atoms. The summed E-state index contributed by atoms with van der Waals surface area (Å²) in [6.45, 7) is 5.76. The molecule has 0 aliphatic carbocycles. The first-order valence-electron chi connectivity index (χ1n) is 8.51. The van der Waals surface area contributed by atoms with E-state index in [0.29, 0.717) is 12.1 Å². The number of fused-ring (bicyclic) bond motifs is 2. The molecule has 1 N–H and O–H groups in total. The quantitative estimate of drug-likeness (QED) is 0.924. The molecule has 3 unspecified atom stereocenters. The minimum absolute atomic E-state index is 0.323. The highest BCUT2D eigenvalue weighted by molar-refractivity contribution is 5.40. The summed E-state index contributed by atoms with van der Waals surface area (Å²) < 4.78 is 6.07. The van der Waals surface area contributed by atoms with E-state index in [1.807, 2.05) is 0 Å². The lowest BCUT2D eigenvalue weighted by molar-refractivity contribution is 0.154. The van der Waals surface area contributed by atoms with Crippen LogP contribution in [0.1, 0.15) is 36.8 Å². The first-order valence-corrected chi connectivity index (χ1v) is 8.51. The van der Waals surface area contributed by atoms with E-state index >= 15 is 0 Å². The van der Waals surface area contributed by atoms with Crippen LogP contribution in [0.2, 0.25) is 0 Å². The molecular weight excluding hydrogens is 260 g/mol. The predicted octanol–water partition coefficient (Wildman–Crippen LogP) is 2.51. The highest BCUT2D eigenvalue weighted by Gasteiger charge is 2.32. The van der Waals surface area contributed by atoms with Crippen LogP contribution in [0.15, 0.2) is 18.2 Å². The molecule has 1 aromatic rings. The molecule has 2 saturated heterocycles. The maximum atomic E-state index is 6.07. The van der Waals surface area contributed by atoms with Gasteiger partial charge in [-0.3, -0.25) is 0 Å². The van der Waals surface area contributed by atoms with Gasteiger partial charge in [0.1, 0.15) is 11.9 Å². The summed E-state index contributed by atoms with van der Waals surface area (Å²) in [5, 5.41) is 3.77. The fourth-order valence-corrected chi connectivity index (χ4v) is 4.27. The summed E-state index contributed by atoms with van der Waals surface area (Å²) in [5.41, 5.74) is 2.71. The van der Waals surface area contributed by atoms with Crippen molar-refractivity contribution in [1.82, 2.24) is 10.2 Å². The number of hydrogen-bond acceptors (Lipinski definition) is 3. The van der Waals surface area contributed by atoms with Crippen LogP contribution in [0, 0.1) is 6.92 Å². The smallest absolute Gasteiger partial charge is 0.123 e. The monoisotopic (exact) mass is 286 g/mol. The summed E-state index contributed by atoms with van der Waals surface area (Å²) in [4.78, 5) is 2.68. The van der Waals surface area contributed by atoms with Crippen molar-refractivity contribution in [3.63, 3.8) is 0 Å². The Balaban J connectivity index is 1.29. The second-order valence-corrected chi connectivity index (χ2v) is 7.02. The van der Waals surface area contributed by atoms with Gasteiger partial charge in [-0.15, -0.1) is 0 Å². The van der Waals surface area contributed by atoms with Crippen LogP contribution in [0.3, 0.4) is 0 Å². The molecule has 3 heteroatoms. The van der Waals surface area contributed by atoms with E-state index in [2.05, 4.69) is 35.3 Å². The van der Waals surface area contributed by atoms with Gasteiger partial charge in [0.05, 0.1) is 0 Å². The number of piperidine rings is 1. The lowest BCUT2D eigenvalue weighted by Gasteiger charge is -2.35. The molecule has 0 radical (unpaired) electrons. The van der Waals surface area contributed by atoms with E-state index in [4.69, 9.17) is 4.74 Å². The zero-order valence-electron chi connectivity index (χ0n) is 13.0. The lowest BCUT2D eigenvalue weighted by Crippen LogP contribution is -2.47. The van der Waals surface area contributed by atoms with Crippen molar-refractivity contribution in [1.29, 1.82) is 0 Å². The van der Waals surface area contributed by atoms with Gasteiger partial charge in [-0.1, -0.05) is 17.7 Å². The van der Waals surface area contributed by atoms with Crippen molar-refractivity contribution < 1.29 is 4.74 Å². The van der Waals surface area contributed by atoms with E-state index < -0.39 is 0 Å². The third kappa shape index (κ3) is 2.82. The van der Waals surface area contributed by atoms with Gasteiger partial charge in [0.2, 0.25) is 0 Å². The van der Waals surface area contributed by atoms with Gasteiger partial charge < -0.3 is 15.0 Å². The molecule has 0 saturated carbocycles. The lowest BCUT2D eigenvalue weighted by atomic mass is 9.97. The fraction of sp³-hybridized carbons (Fsp3) is 0.667. The number of nitrogens with one attached hydrogen (secondary N) is 1. The maximum Gasteiger partial charge on any atom is 0.123 e. The van der Waals surface area contributed by atoms with Gasteiger partial charge in [0.25, 0.3) is 0 Å². The molecule has 3 aliphatic rings. The molecule has 0 aromatic heterocycles. The summed E-state index contributed by atoms with van der Waals surface area (Å²) in [6.07, 6.45) is 6.82. The Labute approximate surface area is 127 Å². The van der Waals surface area contributed by atoms with Gasteiger partial charge in [-0.25, -0.2) is 0 Å². The third-order valence-electron chi connectivity index (χ3n) is 5.41. The molecule has 4 rings (SSSR count). The van der Waals surface area contributed by atoms with Crippen LogP contribution >= 0.6 is 0 Å². The summed E-state index contributed by atoms with van der Waals surface area (Å²) in [6, 6.07) is 8.08. The van der Waals surface area contributed by atoms with E-state index in [1.165, 1.54) is 49.9 Å². The van der Waals surface area contributed by atoms with Gasteiger partial charge >= 0.3 is 0 Å². The Kier molecular flexibility index (Phi) is 3.64. The van der Waals surface area contributed by atoms with Gasteiger partial charge in [-0.05, 0) is 57.3 Å². The Bertz CT molecular complexity index is 516. The van der Waals surface area contributed by atoms with Crippen LogP contribution in [0.25, 0.3) is 0 Å². The maximum absolute atomic E-state index is 6.07. The van der Waals surface area contributed by atoms with Crippen molar-refractivity contribution in [2.24, 2.45) is 0 Å². The predicted molar refractivity (Wildman–Crippen MR) is 84.9 cm³/mol. The molecule has 3 atom stereocenters. The Morgan fingerprint density at radius 2 is 2.24 bits per heavy atom.